The summed E-state index contributed by atoms with van der Waals surface area (Å²) in [5.41, 5.74) is 2.36. The average Bonchev–Trinajstić information content (AvgIpc) is 3.33. The molecule has 1 aliphatic heterocycles. The number of hydrogen-bond acceptors (Lipinski definition) is 6. The molecule has 8 nitrogen and oxygen atoms in total. The summed E-state index contributed by atoms with van der Waals surface area (Å²) < 4.78 is 41.9. The number of nitrogens with zero attached hydrogens (tertiary/aromatic N) is 6. The third kappa shape index (κ3) is 5.75. The molecule has 0 radical (unpaired) electrons. The largest absolute Gasteiger partial charge is 0.353 e. The quantitative estimate of drug-likeness (QED) is 0.501. The van der Waals surface area contributed by atoms with Crippen LogP contribution < -0.4 is 4.90 Å². The Balaban J connectivity index is 1.38. The van der Waals surface area contributed by atoms with Crippen LogP contribution in [0.15, 0.2) is 49.1 Å². The molecule has 3 heterocycles. The standard InChI is InChI=1S/C23H29FN6O2S/c1-28(16-19-5-3-6-20(15-19)30-12-4-11-27-30)23-22(24)21(25-17-26-23)8-7-18-9-13-29(14-10-18)33(2,31)32/h3-6,11-12,15,17-18H,7-10,13-14,16H2,1-2H3. The second kappa shape index (κ2) is 9.96. The molecular formula is C23H29FN6O2S. The summed E-state index contributed by atoms with van der Waals surface area (Å²) in [5, 5.41) is 4.26. The van der Waals surface area contributed by atoms with Gasteiger partial charge >= 0.3 is 0 Å². The van der Waals surface area contributed by atoms with Crippen LogP contribution in [0, 0.1) is 11.7 Å². The predicted octanol–water partition coefficient (Wildman–Crippen LogP) is 3.04. The molecule has 0 bridgehead atoms. The molecule has 0 amide bonds. The minimum Gasteiger partial charge on any atom is -0.353 e. The summed E-state index contributed by atoms with van der Waals surface area (Å²) in [6.07, 6.45) is 9.13. The molecule has 10 heteroatoms. The van der Waals surface area contributed by atoms with Gasteiger partial charge in [-0.05, 0) is 55.4 Å². The van der Waals surface area contributed by atoms with Crippen LogP contribution in [0.3, 0.4) is 0 Å². The zero-order valence-corrected chi connectivity index (χ0v) is 19.7. The van der Waals surface area contributed by atoms with E-state index in [1.165, 1.54) is 16.9 Å². The second-order valence-electron chi connectivity index (χ2n) is 8.58. The van der Waals surface area contributed by atoms with Gasteiger partial charge in [0, 0.05) is 39.1 Å². The van der Waals surface area contributed by atoms with Gasteiger partial charge in [-0.15, -0.1) is 0 Å². The normalized spacial score (nSPS) is 15.6. The van der Waals surface area contributed by atoms with Gasteiger partial charge in [-0.3, -0.25) is 0 Å². The number of benzene rings is 1. The molecule has 1 aliphatic rings. The van der Waals surface area contributed by atoms with Gasteiger partial charge in [0.2, 0.25) is 10.0 Å². The smallest absolute Gasteiger partial charge is 0.211 e. The fourth-order valence-electron chi connectivity index (χ4n) is 4.27. The van der Waals surface area contributed by atoms with E-state index in [4.69, 9.17) is 0 Å². The highest BCUT2D eigenvalue weighted by Gasteiger charge is 2.25. The van der Waals surface area contributed by atoms with E-state index in [9.17, 15) is 8.42 Å². The fourth-order valence-corrected chi connectivity index (χ4v) is 5.15. The number of sulfonamides is 1. The number of aryl methyl sites for hydroxylation is 1. The van der Waals surface area contributed by atoms with E-state index in [0.717, 1.165) is 30.5 Å². The Labute approximate surface area is 194 Å². The zero-order chi connectivity index (χ0) is 23.4. The van der Waals surface area contributed by atoms with Crippen molar-refractivity contribution in [2.24, 2.45) is 5.92 Å². The minimum atomic E-state index is -3.14. The number of rotatable bonds is 8. The highest BCUT2D eigenvalue weighted by molar-refractivity contribution is 7.88. The van der Waals surface area contributed by atoms with Crippen molar-refractivity contribution in [2.75, 3.05) is 31.3 Å². The molecule has 0 spiro atoms. The first kappa shape index (κ1) is 23.3. The lowest BCUT2D eigenvalue weighted by Gasteiger charge is -2.30. The van der Waals surface area contributed by atoms with Crippen molar-refractivity contribution in [3.8, 4) is 5.69 Å². The summed E-state index contributed by atoms with van der Waals surface area (Å²) in [5.74, 6) is 0.247. The summed E-state index contributed by atoms with van der Waals surface area (Å²) in [6.45, 7) is 1.55. The van der Waals surface area contributed by atoms with E-state index < -0.39 is 15.8 Å². The first-order valence-electron chi connectivity index (χ1n) is 11.1. The Bertz CT molecular complexity index is 1180. The maximum atomic E-state index is 15.2. The third-order valence-corrected chi connectivity index (χ3v) is 7.44. The van der Waals surface area contributed by atoms with Gasteiger partial charge in [-0.25, -0.2) is 31.8 Å². The summed E-state index contributed by atoms with van der Waals surface area (Å²) in [7, 11) is -1.32. The van der Waals surface area contributed by atoms with E-state index >= 15 is 4.39 Å². The second-order valence-corrected chi connectivity index (χ2v) is 10.6. The van der Waals surface area contributed by atoms with E-state index in [2.05, 4.69) is 15.1 Å². The molecule has 0 atom stereocenters. The van der Waals surface area contributed by atoms with E-state index in [0.29, 0.717) is 37.7 Å². The Morgan fingerprint density at radius 2 is 1.97 bits per heavy atom. The van der Waals surface area contributed by atoms with Gasteiger partial charge < -0.3 is 4.90 Å². The Kier molecular flexibility index (Phi) is 7.04. The van der Waals surface area contributed by atoms with Gasteiger partial charge in [-0.1, -0.05) is 12.1 Å². The van der Waals surface area contributed by atoms with Gasteiger partial charge in [-0.2, -0.15) is 5.10 Å². The first-order chi connectivity index (χ1) is 15.8. The van der Waals surface area contributed by atoms with Crippen LogP contribution in [-0.4, -0.2) is 58.9 Å². The van der Waals surface area contributed by atoms with Crippen molar-refractivity contribution in [3.63, 3.8) is 0 Å². The van der Waals surface area contributed by atoms with Crippen molar-refractivity contribution >= 4 is 15.8 Å². The summed E-state index contributed by atoms with van der Waals surface area (Å²) in [4.78, 5) is 10.2. The molecule has 33 heavy (non-hydrogen) atoms. The van der Waals surface area contributed by atoms with Crippen LogP contribution in [0.2, 0.25) is 0 Å². The van der Waals surface area contributed by atoms with Crippen molar-refractivity contribution in [1.82, 2.24) is 24.1 Å². The van der Waals surface area contributed by atoms with Crippen molar-refractivity contribution in [1.29, 1.82) is 0 Å². The lowest BCUT2D eigenvalue weighted by molar-refractivity contribution is 0.264. The van der Waals surface area contributed by atoms with Gasteiger partial charge in [0.05, 0.1) is 17.6 Å². The van der Waals surface area contributed by atoms with Crippen LogP contribution in [-0.2, 0) is 23.0 Å². The zero-order valence-electron chi connectivity index (χ0n) is 18.9. The number of anilines is 1. The van der Waals surface area contributed by atoms with Crippen molar-refractivity contribution < 1.29 is 12.8 Å². The maximum absolute atomic E-state index is 15.2. The molecule has 0 unspecified atom stereocenters. The highest BCUT2D eigenvalue weighted by atomic mass is 32.2. The molecule has 0 saturated carbocycles. The molecule has 2 aromatic heterocycles. The monoisotopic (exact) mass is 472 g/mol. The molecule has 4 rings (SSSR count). The summed E-state index contributed by atoms with van der Waals surface area (Å²) >= 11 is 0. The number of aromatic nitrogens is 4. The third-order valence-electron chi connectivity index (χ3n) is 6.14. The Morgan fingerprint density at radius 3 is 2.67 bits per heavy atom. The Morgan fingerprint density at radius 1 is 1.18 bits per heavy atom. The van der Waals surface area contributed by atoms with Crippen LogP contribution in [0.4, 0.5) is 10.2 Å². The molecular weight excluding hydrogens is 443 g/mol. The van der Waals surface area contributed by atoms with Crippen molar-refractivity contribution in [2.45, 2.75) is 32.2 Å². The number of piperidine rings is 1. The Hall–Kier alpha value is -2.85. The number of hydrogen-bond donors (Lipinski definition) is 0. The molecule has 176 valence electrons. The molecule has 1 fully saturated rings. The maximum Gasteiger partial charge on any atom is 0.211 e. The molecule has 1 saturated heterocycles. The SMILES string of the molecule is CN(Cc1cccc(-n2cccn2)c1)c1ncnc(CCC2CCN(S(C)(=O)=O)CC2)c1F. The predicted molar refractivity (Wildman–Crippen MR) is 125 cm³/mol. The van der Waals surface area contributed by atoms with Gasteiger partial charge in [0.1, 0.15) is 6.33 Å². The lowest BCUT2D eigenvalue weighted by atomic mass is 9.92. The van der Waals surface area contributed by atoms with Crippen LogP contribution in [0.25, 0.3) is 5.69 Å². The first-order valence-corrected chi connectivity index (χ1v) is 12.9. The summed E-state index contributed by atoms with van der Waals surface area (Å²) in [6, 6.07) is 9.81. The van der Waals surface area contributed by atoms with E-state index in [1.54, 1.807) is 15.8 Å². The molecule has 3 aromatic rings. The van der Waals surface area contributed by atoms with Crippen molar-refractivity contribution in [3.05, 3.63) is 66.1 Å². The molecule has 1 aromatic carbocycles. The van der Waals surface area contributed by atoms with Crippen LogP contribution >= 0.6 is 0 Å². The molecule has 0 N–H and O–H groups in total. The van der Waals surface area contributed by atoms with E-state index in [1.807, 2.05) is 43.6 Å². The minimum absolute atomic E-state index is 0.274. The van der Waals surface area contributed by atoms with Gasteiger partial charge in [0.15, 0.2) is 11.6 Å². The highest BCUT2D eigenvalue weighted by Crippen LogP contribution is 2.26. The van der Waals surface area contributed by atoms with Gasteiger partial charge in [0.25, 0.3) is 0 Å². The fraction of sp³-hybridized carbons (Fsp3) is 0.435. The number of halogens is 1. The van der Waals surface area contributed by atoms with Crippen LogP contribution in [0.1, 0.15) is 30.5 Å². The lowest BCUT2D eigenvalue weighted by Crippen LogP contribution is -2.37. The topological polar surface area (TPSA) is 84.2 Å². The van der Waals surface area contributed by atoms with E-state index in [-0.39, 0.29) is 5.82 Å². The molecule has 0 aliphatic carbocycles. The average molecular weight is 473 g/mol. The van der Waals surface area contributed by atoms with Crippen LogP contribution in [0.5, 0.6) is 0 Å².